The van der Waals surface area contributed by atoms with Crippen LogP contribution in [0.3, 0.4) is 0 Å². The van der Waals surface area contributed by atoms with Gasteiger partial charge in [0.15, 0.2) is 0 Å². The zero-order valence-electron chi connectivity index (χ0n) is 11.3. The van der Waals surface area contributed by atoms with Gasteiger partial charge in [0.25, 0.3) is 0 Å². The topological polar surface area (TPSA) is 30.5 Å². The van der Waals surface area contributed by atoms with Gasteiger partial charge in [-0.2, -0.15) is 0 Å². The number of ether oxygens (including phenoxy) is 2. The molecule has 1 aromatic carbocycles. The second kappa shape index (κ2) is 6.88. The second-order valence-corrected chi connectivity index (χ2v) is 4.83. The molecule has 18 heavy (non-hydrogen) atoms. The van der Waals surface area contributed by atoms with Crippen molar-refractivity contribution in [1.82, 2.24) is 5.32 Å². The summed E-state index contributed by atoms with van der Waals surface area (Å²) >= 11 is 0. The van der Waals surface area contributed by atoms with Gasteiger partial charge < -0.3 is 14.8 Å². The van der Waals surface area contributed by atoms with E-state index in [-0.39, 0.29) is 6.10 Å². The van der Waals surface area contributed by atoms with Gasteiger partial charge in [-0.15, -0.1) is 0 Å². The lowest BCUT2D eigenvalue weighted by Gasteiger charge is -2.19. The Kier molecular flexibility index (Phi) is 5.17. The molecule has 1 saturated heterocycles. The van der Waals surface area contributed by atoms with Crippen molar-refractivity contribution in [2.45, 2.75) is 26.1 Å². The molecule has 1 aliphatic heterocycles. The van der Waals surface area contributed by atoms with E-state index in [0.29, 0.717) is 12.5 Å². The summed E-state index contributed by atoms with van der Waals surface area (Å²) in [5, 5.41) is 3.43. The predicted molar refractivity (Wildman–Crippen MR) is 72.5 cm³/mol. The summed E-state index contributed by atoms with van der Waals surface area (Å²) in [5.74, 6) is 0.586. The van der Waals surface area contributed by atoms with Gasteiger partial charge in [-0.1, -0.05) is 31.2 Å². The van der Waals surface area contributed by atoms with Gasteiger partial charge in [0.1, 0.15) is 0 Å². The predicted octanol–water partition coefficient (Wildman–Crippen LogP) is 2.52. The molecular weight excluding hydrogens is 226 g/mol. The summed E-state index contributed by atoms with van der Waals surface area (Å²) < 4.78 is 11.1. The maximum Gasteiger partial charge on any atom is 0.0866 e. The van der Waals surface area contributed by atoms with Crippen molar-refractivity contribution in [2.75, 3.05) is 26.8 Å². The third-order valence-electron chi connectivity index (χ3n) is 3.46. The van der Waals surface area contributed by atoms with Gasteiger partial charge in [0.05, 0.1) is 12.7 Å². The van der Waals surface area contributed by atoms with Crippen LogP contribution in [0, 0.1) is 5.92 Å². The monoisotopic (exact) mass is 249 g/mol. The van der Waals surface area contributed by atoms with Gasteiger partial charge >= 0.3 is 0 Å². The zero-order chi connectivity index (χ0) is 12.8. The standard InChI is InChI=1S/C15H23NO2/c1-3-16-10-14-7-8-18-15(14)13-6-4-5-12(9-13)11-17-2/h4-6,9,14-16H,3,7-8,10-11H2,1-2H3. The molecule has 1 N–H and O–H groups in total. The molecule has 2 unspecified atom stereocenters. The van der Waals surface area contributed by atoms with Crippen LogP contribution in [0.4, 0.5) is 0 Å². The van der Waals surface area contributed by atoms with Gasteiger partial charge in [0.2, 0.25) is 0 Å². The van der Waals surface area contributed by atoms with Crippen molar-refractivity contribution in [1.29, 1.82) is 0 Å². The van der Waals surface area contributed by atoms with Crippen LogP contribution in [0.2, 0.25) is 0 Å². The third kappa shape index (κ3) is 3.31. The maximum absolute atomic E-state index is 5.90. The Morgan fingerprint density at radius 2 is 2.33 bits per heavy atom. The van der Waals surface area contributed by atoms with Crippen molar-refractivity contribution < 1.29 is 9.47 Å². The second-order valence-electron chi connectivity index (χ2n) is 4.83. The van der Waals surface area contributed by atoms with Crippen molar-refractivity contribution in [3.05, 3.63) is 35.4 Å². The molecule has 3 nitrogen and oxygen atoms in total. The molecule has 0 radical (unpaired) electrons. The largest absolute Gasteiger partial charge is 0.380 e. The van der Waals surface area contributed by atoms with Crippen molar-refractivity contribution in [3.63, 3.8) is 0 Å². The average molecular weight is 249 g/mol. The van der Waals surface area contributed by atoms with E-state index in [1.54, 1.807) is 7.11 Å². The molecule has 1 aliphatic rings. The first-order valence-electron chi connectivity index (χ1n) is 6.75. The maximum atomic E-state index is 5.90. The van der Waals surface area contributed by atoms with Crippen LogP contribution in [-0.4, -0.2) is 26.8 Å². The molecule has 1 fully saturated rings. The minimum absolute atomic E-state index is 0.237. The SMILES string of the molecule is CCNCC1CCOC1c1cccc(COC)c1. The Morgan fingerprint density at radius 3 is 3.11 bits per heavy atom. The molecule has 100 valence electrons. The Bertz CT molecular complexity index is 367. The first-order chi connectivity index (χ1) is 8.85. The highest BCUT2D eigenvalue weighted by atomic mass is 16.5. The van der Waals surface area contributed by atoms with Gasteiger partial charge in [-0.3, -0.25) is 0 Å². The first-order valence-corrected chi connectivity index (χ1v) is 6.75. The lowest BCUT2D eigenvalue weighted by atomic mass is 9.94. The number of rotatable bonds is 6. The third-order valence-corrected chi connectivity index (χ3v) is 3.46. The number of methoxy groups -OCH3 is 1. The minimum Gasteiger partial charge on any atom is -0.380 e. The highest BCUT2D eigenvalue weighted by Gasteiger charge is 2.29. The molecule has 0 aliphatic carbocycles. The molecular formula is C15H23NO2. The van der Waals surface area contributed by atoms with E-state index in [4.69, 9.17) is 9.47 Å². The Hall–Kier alpha value is -0.900. The van der Waals surface area contributed by atoms with Crippen LogP contribution in [0.15, 0.2) is 24.3 Å². The van der Waals surface area contributed by atoms with Crippen molar-refractivity contribution in [3.8, 4) is 0 Å². The molecule has 0 aromatic heterocycles. The van der Waals surface area contributed by atoms with Crippen LogP contribution < -0.4 is 5.32 Å². The number of nitrogens with one attached hydrogen (secondary N) is 1. The van der Waals surface area contributed by atoms with E-state index in [9.17, 15) is 0 Å². The van der Waals surface area contributed by atoms with Gasteiger partial charge in [-0.05, 0) is 24.1 Å². The van der Waals surface area contributed by atoms with E-state index < -0.39 is 0 Å². The fourth-order valence-electron chi connectivity index (χ4n) is 2.57. The Balaban J connectivity index is 2.06. The molecule has 0 bridgehead atoms. The fourth-order valence-corrected chi connectivity index (χ4v) is 2.57. The van der Waals surface area contributed by atoms with Crippen LogP contribution in [0.25, 0.3) is 0 Å². The molecule has 1 heterocycles. The highest BCUT2D eigenvalue weighted by molar-refractivity contribution is 5.26. The van der Waals surface area contributed by atoms with Crippen molar-refractivity contribution >= 4 is 0 Å². The summed E-state index contributed by atoms with van der Waals surface area (Å²) in [6.07, 6.45) is 1.38. The normalized spacial score (nSPS) is 23.4. The molecule has 0 spiro atoms. The van der Waals surface area contributed by atoms with E-state index in [1.165, 1.54) is 11.1 Å². The summed E-state index contributed by atoms with van der Waals surface area (Å²) in [4.78, 5) is 0. The summed E-state index contributed by atoms with van der Waals surface area (Å²) in [7, 11) is 1.73. The van der Waals surface area contributed by atoms with Crippen LogP contribution in [0.1, 0.15) is 30.6 Å². The quantitative estimate of drug-likeness (QED) is 0.840. The fraction of sp³-hybridized carbons (Fsp3) is 0.600. The van der Waals surface area contributed by atoms with Crippen LogP contribution >= 0.6 is 0 Å². The summed E-state index contributed by atoms with van der Waals surface area (Å²) in [6.45, 7) is 5.74. The highest BCUT2D eigenvalue weighted by Crippen LogP contribution is 2.34. The minimum atomic E-state index is 0.237. The van der Waals surface area contributed by atoms with E-state index in [1.807, 2.05) is 0 Å². The van der Waals surface area contributed by atoms with Gasteiger partial charge in [-0.25, -0.2) is 0 Å². The van der Waals surface area contributed by atoms with Crippen molar-refractivity contribution in [2.24, 2.45) is 5.92 Å². The van der Waals surface area contributed by atoms with Crippen LogP contribution in [-0.2, 0) is 16.1 Å². The van der Waals surface area contributed by atoms with E-state index in [0.717, 1.165) is 26.1 Å². The molecule has 3 heteroatoms. The molecule has 1 aromatic rings. The number of hydrogen-bond acceptors (Lipinski definition) is 3. The Morgan fingerprint density at radius 1 is 1.44 bits per heavy atom. The van der Waals surface area contributed by atoms with Crippen LogP contribution in [0.5, 0.6) is 0 Å². The van der Waals surface area contributed by atoms with E-state index in [2.05, 4.69) is 36.5 Å². The van der Waals surface area contributed by atoms with Gasteiger partial charge in [0, 0.05) is 26.2 Å². The number of hydrogen-bond donors (Lipinski definition) is 1. The molecule has 0 saturated carbocycles. The number of benzene rings is 1. The summed E-state index contributed by atoms with van der Waals surface area (Å²) in [6, 6.07) is 8.56. The molecule has 2 rings (SSSR count). The van der Waals surface area contributed by atoms with E-state index >= 15 is 0 Å². The molecule has 2 atom stereocenters. The lowest BCUT2D eigenvalue weighted by molar-refractivity contribution is 0.0904. The smallest absolute Gasteiger partial charge is 0.0866 e. The summed E-state index contributed by atoms with van der Waals surface area (Å²) in [5.41, 5.74) is 2.50. The lowest BCUT2D eigenvalue weighted by Crippen LogP contribution is -2.24. The zero-order valence-corrected chi connectivity index (χ0v) is 11.3. The Labute approximate surface area is 109 Å². The average Bonchev–Trinajstić information content (AvgIpc) is 2.85. The molecule has 0 amide bonds. The first kappa shape index (κ1) is 13.5.